The Hall–Kier alpha value is -6.65. The second-order valence-electron chi connectivity index (χ2n) is 25.8. The zero-order chi connectivity index (χ0) is 71.8. The SMILES string of the molecule is CC/C=C\C/C=C\C/C=C\C/C=C\C/C=C\C/C=C\C/C=C\C/C=C\C/C=C\C/C=C\CCCCCCC(=O)OC(COC(=O)CCCCCCCCCCCCC/C=C\C/C=C\C/C=C\C/C=C\C/C=C\C/C=C\C/C=C\C/C=C\C/C=C\CC)COC(OCC[N+](C)(C)C)C(=O)[O-]. The number of carboxylic acids is 1. The van der Waals surface area contributed by atoms with Gasteiger partial charge in [-0.2, -0.15) is 0 Å². The average Bonchev–Trinajstić information content (AvgIpc) is 1.16. The molecule has 552 valence electrons. The maximum Gasteiger partial charge on any atom is 0.306 e. The van der Waals surface area contributed by atoms with Gasteiger partial charge in [0.2, 0.25) is 0 Å². The molecule has 0 amide bonds. The minimum Gasteiger partial charge on any atom is -0.545 e. The van der Waals surface area contributed by atoms with Gasteiger partial charge in [0.15, 0.2) is 12.4 Å². The highest BCUT2D eigenvalue weighted by atomic mass is 16.7. The van der Waals surface area contributed by atoms with Crippen LogP contribution in [0.4, 0.5) is 0 Å². The van der Waals surface area contributed by atoms with E-state index < -0.39 is 24.3 Å². The van der Waals surface area contributed by atoms with Crippen molar-refractivity contribution in [1.29, 1.82) is 0 Å². The van der Waals surface area contributed by atoms with Gasteiger partial charge in [-0.3, -0.25) is 9.59 Å². The van der Waals surface area contributed by atoms with E-state index in [4.69, 9.17) is 18.9 Å². The van der Waals surface area contributed by atoms with E-state index in [-0.39, 0.29) is 38.6 Å². The predicted molar refractivity (Wildman–Crippen MR) is 425 cm³/mol. The Morgan fingerprint density at radius 3 is 0.808 bits per heavy atom. The molecular formula is C90H139NO8. The van der Waals surface area contributed by atoms with Crippen molar-refractivity contribution in [3.8, 4) is 0 Å². The molecular weight excluding hydrogens is 1220 g/mol. The molecule has 0 heterocycles. The Balaban J connectivity index is 4.22. The van der Waals surface area contributed by atoms with E-state index in [1.807, 2.05) is 21.1 Å². The summed E-state index contributed by atoms with van der Waals surface area (Å²) in [5.41, 5.74) is 0. The molecule has 2 atom stereocenters. The molecule has 9 nitrogen and oxygen atoms in total. The summed E-state index contributed by atoms with van der Waals surface area (Å²) in [5, 5.41) is 11.9. The molecule has 0 radical (unpaired) electrons. The van der Waals surface area contributed by atoms with Gasteiger partial charge < -0.3 is 33.3 Å². The number of carbonyl (C=O) groups excluding carboxylic acids is 3. The van der Waals surface area contributed by atoms with Crippen molar-refractivity contribution in [1.82, 2.24) is 0 Å². The molecule has 0 aliphatic rings. The van der Waals surface area contributed by atoms with Gasteiger partial charge in [0.1, 0.15) is 13.2 Å². The van der Waals surface area contributed by atoms with Gasteiger partial charge in [0, 0.05) is 12.8 Å². The van der Waals surface area contributed by atoms with Crippen molar-refractivity contribution in [2.75, 3.05) is 47.5 Å². The van der Waals surface area contributed by atoms with Gasteiger partial charge in [0.25, 0.3) is 0 Å². The first-order valence-electron chi connectivity index (χ1n) is 38.5. The maximum absolute atomic E-state index is 13.0. The largest absolute Gasteiger partial charge is 0.545 e. The third-order valence-corrected chi connectivity index (χ3v) is 15.4. The normalized spacial score (nSPS) is 14.0. The first-order valence-corrected chi connectivity index (χ1v) is 38.5. The van der Waals surface area contributed by atoms with E-state index in [1.54, 1.807) is 0 Å². The van der Waals surface area contributed by atoms with Crippen LogP contribution in [0.5, 0.6) is 0 Å². The topological polar surface area (TPSA) is 111 Å². The van der Waals surface area contributed by atoms with Crippen molar-refractivity contribution in [3.63, 3.8) is 0 Å². The number of aliphatic carboxylic acids is 1. The highest BCUT2D eigenvalue weighted by Gasteiger charge is 2.22. The summed E-state index contributed by atoms with van der Waals surface area (Å²) < 4.78 is 22.8. The van der Waals surface area contributed by atoms with E-state index in [9.17, 15) is 19.5 Å². The van der Waals surface area contributed by atoms with E-state index >= 15 is 0 Å². The molecule has 0 aliphatic heterocycles. The van der Waals surface area contributed by atoms with Crippen molar-refractivity contribution in [3.05, 3.63) is 231 Å². The van der Waals surface area contributed by atoms with Crippen LogP contribution in [0.25, 0.3) is 0 Å². The van der Waals surface area contributed by atoms with Gasteiger partial charge in [-0.05, 0) is 161 Å². The molecule has 0 aliphatic carbocycles. The first-order chi connectivity index (χ1) is 48.6. The number of likely N-dealkylation sites (N-methyl/N-ethyl adjacent to an activating group) is 1. The number of hydrogen-bond donors (Lipinski definition) is 0. The third-order valence-electron chi connectivity index (χ3n) is 15.4. The molecule has 0 aromatic carbocycles. The highest BCUT2D eigenvalue weighted by Crippen LogP contribution is 2.15. The quantitative estimate of drug-likeness (QED) is 0.0195. The first kappa shape index (κ1) is 92.4. The number of carboxylic acid groups (broad SMARTS) is 1. The number of esters is 2. The lowest BCUT2D eigenvalue weighted by molar-refractivity contribution is -0.870. The summed E-state index contributed by atoms with van der Waals surface area (Å²) in [7, 11) is 5.91. The number of ether oxygens (including phenoxy) is 4. The van der Waals surface area contributed by atoms with Crippen molar-refractivity contribution >= 4 is 17.9 Å². The lowest BCUT2D eigenvalue weighted by Gasteiger charge is -2.26. The van der Waals surface area contributed by atoms with E-state index in [2.05, 4.69) is 245 Å². The minimum absolute atomic E-state index is 0.129. The lowest BCUT2D eigenvalue weighted by atomic mass is 10.0. The molecule has 0 fully saturated rings. The predicted octanol–water partition coefficient (Wildman–Crippen LogP) is 23.7. The summed E-state index contributed by atoms with van der Waals surface area (Å²) in [5.74, 6) is -2.35. The average molecular weight is 1360 g/mol. The maximum atomic E-state index is 13.0. The fraction of sp³-hybridized carbons (Fsp3) is 0.544. The summed E-state index contributed by atoms with van der Waals surface area (Å²) in [6.45, 7) is 4.46. The number of hydrogen-bond acceptors (Lipinski definition) is 8. The Morgan fingerprint density at radius 2 is 0.545 bits per heavy atom. The number of allylic oxidation sites excluding steroid dienone is 38. The molecule has 0 aromatic rings. The van der Waals surface area contributed by atoms with Crippen molar-refractivity contribution < 1.29 is 42.9 Å². The zero-order valence-electron chi connectivity index (χ0n) is 63.0. The molecule has 0 N–H and O–H groups in total. The number of unbranched alkanes of at least 4 members (excludes halogenated alkanes) is 15. The number of quaternary nitrogens is 1. The molecule has 2 unspecified atom stereocenters. The van der Waals surface area contributed by atoms with Crippen LogP contribution in [-0.2, 0) is 33.3 Å². The zero-order valence-corrected chi connectivity index (χ0v) is 63.0. The minimum atomic E-state index is -1.65. The number of nitrogens with zero attached hydrogens (tertiary/aromatic N) is 1. The molecule has 0 bridgehead atoms. The number of rotatable bonds is 68. The fourth-order valence-corrected chi connectivity index (χ4v) is 9.62. The van der Waals surface area contributed by atoms with Crippen LogP contribution in [0.2, 0.25) is 0 Å². The monoisotopic (exact) mass is 1360 g/mol. The Morgan fingerprint density at radius 1 is 0.303 bits per heavy atom. The Bertz CT molecular complexity index is 2490. The molecule has 99 heavy (non-hydrogen) atoms. The lowest BCUT2D eigenvalue weighted by Crippen LogP contribution is -2.44. The highest BCUT2D eigenvalue weighted by molar-refractivity contribution is 5.70. The second-order valence-corrected chi connectivity index (χ2v) is 25.8. The summed E-state index contributed by atoms with van der Waals surface area (Å²) >= 11 is 0. The van der Waals surface area contributed by atoms with Crippen LogP contribution < -0.4 is 5.11 Å². The Labute approximate surface area is 606 Å². The van der Waals surface area contributed by atoms with Crippen LogP contribution in [0.1, 0.15) is 258 Å². The van der Waals surface area contributed by atoms with Gasteiger partial charge in [-0.15, -0.1) is 0 Å². The van der Waals surface area contributed by atoms with E-state index in [1.165, 1.54) is 44.9 Å². The van der Waals surface area contributed by atoms with Gasteiger partial charge in [-0.25, -0.2) is 0 Å². The van der Waals surface area contributed by atoms with Crippen molar-refractivity contribution in [2.24, 2.45) is 0 Å². The molecule has 0 rings (SSSR count). The smallest absolute Gasteiger partial charge is 0.306 e. The van der Waals surface area contributed by atoms with Crippen LogP contribution in [-0.4, -0.2) is 82.3 Å². The molecule has 0 saturated carbocycles. The van der Waals surface area contributed by atoms with Crippen LogP contribution in [0.15, 0.2) is 231 Å². The molecule has 0 spiro atoms. The molecule has 0 aromatic heterocycles. The molecule has 0 saturated heterocycles. The third kappa shape index (κ3) is 78.6. The van der Waals surface area contributed by atoms with Crippen LogP contribution >= 0.6 is 0 Å². The van der Waals surface area contributed by atoms with E-state index in [0.29, 0.717) is 17.4 Å². The molecule has 9 heteroatoms. The summed E-state index contributed by atoms with van der Waals surface area (Å²) in [6.07, 6.45) is 120. The Kier molecular flexibility index (Phi) is 71.9. The van der Waals surface area contributed by atoms with Crippen molar-refractivity contribution in [2.45, 2.75) is 270 Å². The van der Waals surface area contributed by atoms with Gasteiger partial charge in [0.05, 0.1) is 40.3 Å². The number of carbonyl (C=O) groups is 3. The van der Waals surface area contributed by atoms with Gasteiger partial charge in [-0.1, -0.05) is 315 Å². The van der Waals surface area contributed by atoms with Crippen LogP contribution in [0, 0.1) is 0 Å². The second kappa shape index (κ2) is 77.1. The standard InChI is InChI=1S/C90H139NO8/c1-6-8-10-12-14-16-18-20-22-24-26-28-30-32-34-36-38-40-42-43-44-45-47-48-50-52-54-56-58-60-62-64-66-68-70-72-74-76-78-80-87(92)97-84-86(85-98-90(89(94)95)96-83-82-91(3,4)5)99-88(93)81-79-77-75-73-71-69-67-65-63-61-59-57-55-53-51-49-46-41-39-37-35-33-31-29-27-25-23-21-19-17-15-13-11-9-7-2/h8-11,14-17,20-23,26-29,32-35,38-41,43-44,47-49,51-52,54-55,57,61,63,67,69,86,90H,6-7,12-13,18-19,24-25,30-31,36-37,42,45-46,50,53,56,58-60,62,64-66,68,70-85H2,1-5H3/b10-8-,11-9-,16-14-,17-15-,22-20-,23-21-,28-26-,29-27-,34-32-,35-33-,40-38-,41-39-,44-43-,48-47-,51-49-,54-52-,57-55-,63-61-,69-67-. The van der Waals surface area contributed by atoms with Crippen LogP contribution in [0.3, 0.4) is 0 Å². The summed E-state index contributed by atoms with van der Waals surface area (Å²) in [6, 6.07) is 0. The van der Waals surface area contributed by atoms with E-state index in [0.717, 1.165) is 180 Å². The summed E-state index contributed by atoms with van der Waals surface area (Å²) in [4.78, 5) is 37.6. The van der Waals surface area contributed by atoms with Gasteiger partial charge >= 0.3 is 11.9 Å². The fourth-order valence-electron chi connectivity index (χ4n) is 9.62.